The number of nitrogens with one attached hydrogen (secondary N) is 1. The van der Waals surface area contributed by atoms with Crippen LogP contribution in [0, 0.1) is 6.92 Å². The Bertz CT molecular complexity index is 1430. The van der Waals surface area contributed by atoms with E-state index in [-0.39, 0.29) is 18.1 Å². The zero-order valence-corrected chi connectivity index (χ0v) is 28.0. The molecule has 3 aromatic carbocycles. The highest BCUT2D eigenvalue weighted by molar-refractivity contribution is 8.01. The minimum atomic E-state index is -3.04. The smallest absolute Gasteiger partial charge is 0.407 e. The number of rotatable bonds is 10. The fourth-order valence-corrected chi connectivity index (χ4v) is 12.1. The van der Waals surface area contributed by atoms with Gasteiger partial charge >= 0.3 is 12.1 Å². The number of benzene rings is 3. The number of carbonyl (C=O) groups is 2. The van der Waals surface area contributed by atoms with Crippen LogP contribution in [0.1, 0.15) is 32.8 Å². The molecule has 3 aromatic rings. The van der Waals surface area contributed by atoms with E-state index in [1.165, 1.54) is 7.11 Å². The summed E-state index contributed by atoms with van der Waals surface area (Å²) >= 11 is 1.12. The molecular formula is C34H41NO8SSi. The monoisotopic (exact) mass is 651 g/mol. The summed E-state index contributed by atoms with van der Waals surface area (Å²) in [6.07, 6.45) is -5.73. The lowest BCUT2D eigenvalue weighted by atomic mass is 9.90. The lowest BCUT2D eigenvalue weighted by Gasteiger charge is -2.46. The van der Waals surface area contributed by atoms with Crippen LogP contribution in [0.4, 0.5) is 4.79 Å². The van der Waals surface area contributed by atoms with Crippen molar-refractivity contribution in [2.75, 3.05) is 13.7 Å². The number of ether oxygens (including phenoxy) is 3. The Morgan fingerprint density at radius 2 is 1.60 bits per heavy atom. The molecule has 9 nitrogen and oxygen atoms in total. The highest BCUT2D eigenvalue weighted by Crippen LogP contribution is 2.46. The van der Waals surface area contributed by atoms with Crippen LogP contribution in [0.15, 0.2) is 89.8 Å². The average Bonchev–Trinajstić information content (AvgIpc) is 3.41. The summed E-state index contributed by atoms with van der Waals surface area (Å²) in [4.78, 5) is 24.8. The van der Waals surface area contributed by atoms with Gasteiger partial charge in [-0.25, -0.2) is 9.59 Å². The molecule has 2 unspecified atom stereocenters. The maximum absolute atomic E-state index is 13.4. The van der Waals surface area contributed by atoms with Crippen molar-refractivity contribution < 1.29 is 38.4 Å². The third kappa shape index (κ3) is 6.56. The molecule has 3 N–H and O–H groups in total. The zero-order valence-electron chi connectivity index (χ0n) is 26.1. The van der Waals surface area contributed by atoms with Gasteiger partial charge in [-0.05, 0) is 34.5 Å². The van der Waals surface area contributed by atoms with E-state index >= 15 is 0 Å². The van der Waals surface area contributed by atoms with Crippen LogP contribution < -0.4 is 15.7 Å². The molecule has 0 aliphatic carbocycles. The van der Waals surface area contributed by atoms with E-state index in [1.807, 2.05) is 91.9 Å². The molecule has 6 atom stereocenters. The number of aliphatic hydroxyl groups is 2. The third-order valence-electron chi connectivity index (χ3n) is 8.51. The minimum Gasteiger partial charge on any atom is -0.466 e. The second-order valence-corrected chi connectivity index (χ2v) is 18.2. The Hall–Kier alpha value is -3.19. The predicted molar refractivity (Wildman–Crippen MR) is 174 cm³/mol. The van der Waals surface area contributed by atoms with E-state index in [0.717, 1.165) is 32.6 Å². The number of methoxy groups -OCH3 is 1. The van der Waals surface area contributed by atoms with Gasteiger partial charge in [0.15, 0.2) is 0 Å². The number of amides is 1. The van der Waals surface area contributed by atoms with Gasteiger partial charge < -0.3 is 34.2 Å². The number of alkyl carbamates (subject to hydrolysis) is 1. The molecule has 0 spiro atoms. The molecule has 0 radical (unpaired) electrons. The molecule has 2 saturated heterocycles. The molecule has 240 valence electrons. The second-order valence-electron chi connectivity index (χ2n) is 12.6. The fourth-order valence-electron chi connectivity index (χ4n) is 6.30. The normalized spacial score (nSPS) is 24.6. The van der Waals surface area contributed by atoms with Gasteiger partial charge in [0.2, 0.25) is 4.93 Å². The highest BCUT2D eigenvalue weighted by atomic mass is 32.2. The van der Waals surface area contributed by atoms with Crippen LogP contribution in [0.25, 0.3) is 0 Å². The SMILES string of the molecule is COC(=O)C1(Sc2ccc(C)cc2)C[C@H]2OC(=O)NC2[C@H]([C@H](O)[C@H](O)CO[Si](c2ccccc2)(c2ccccc2)C(C)(C)C)O1. The summed E-state index contributed by atoms with van der Waals surface area (Å²) in [5.41, 5.74) is 1.04. The Balaban J connectivity index is 1.46. The summed E-state index contributed by atoms with van der Waals surface area (Å²) in [7, 11) is -1.78. The Labute approximate surface area is 269 Å². The van der Waals surface area contributed by atoms with Gasteiger partial charge in [-0.1, -0.05) is 111 Å². The van der Waals surface area contributed by atoms with Crippen LogP contribution >= 0.6 is 11.8 Å². The minimum absolute atomic E-state index is 0.0144. The van der Waals surface area contributed by atoms with Crippen molar-refractivity contribution in [2.45, 2.75) is 79.4 Å². The molecule has 45 heavy (non-hydrogen) atoms. The number of aryl methyl sites for hydroxylation is 1. The molecule has 0 aromatic heterocycles. The van der Waals surface area contributed by atoms with Crippen molar-refractivity contribution in [3.8, 4) is 0 Å². The first-order valence-corrected chi connectivity index (χ1v) is 17.7. The van der Waals surface area contributed by atoms with E-state index in [2.05, 4.69) is 26.1 Å². The Morgan fingerprint density at radius 3 is 2.13 bits per heavy atom. The van der Waals surface area contributed by atoms with Gasteiger partial charge in [0.25, 0.3) is 8.32 Å². The zero-order chi connectivity index (χ0) is 32.4. The van der Waals surface area contributed by atoms with Gasteiger partial charge in [-0.3, -0.25) is 0 Å². The lowest BCUT2D eigenvalue weighted by molar-refractivity contribution is -0.198. The van der Waals surface area contributed by atoms with Gasteiger partial charge in [-0.15, -0.1) is 0 Å². The number of hydrogen-bond acceptors (Lipinski definition) is 9. The molecule has 2 aliphatic rings. The van der Waals surface area contributed by atoms with Crippen molar-refractivity contribution in [1.82, 2.24) is 5.32 Å². The van der Waals surface area contributed by atoms with Crippen LogP contribution in [0.2, 0.25) is 5.04 Å². The predicted octanol–water partition coefficient (Wildman–Crippen LogP) is 3.52. The molecule has 2 heterocycles. The van der Waals surface area contributed by atoms with Crippen molar-refractivity contribution in [3.05, 3.63) is 90.5 Å². The molecule has 2 fully saturated rings. The first kappa shape index (κ1) is 33.2. The van der Waals surface area contributed by atoms with Gasteiger partial charge in [-0.2, -0.15) is 0 Å². The summed E-state index contributed by atoms with van der Waals surface area (Å²) in [5, 5.41) is 27.6. The van der Waals surface area contributed by atoms with Crippen molar-refractivity contribution >= 4 is 42.5 Å². The first-order valence-electron chi connectivity index (χ1n) is 15.0. The summed E-state index contributed by atoms with van der Waals surface area (Å²) < 4.78 is 24.0. The molecule has 0 bridgehead atoms. The Kier molecular flexibility index (Phi) is 9.78. The van der Waals surface area contributed by atoms with Crippen LogP contribution in [0.3, 0.4) is 0 Å². The number of carbonyl (C=O) groups excluding carboxylic acids is 2. The van der Waals surface area contributed by atoms with Crippen molar-refractivity contribution in [2.24, 2.45) is 0 Å². The first-order chi connectivity index (χ1) is 21.4. The molecule has 2 aliphatic heterocycles. The van der Waals surface area contributed by atoms with E-state index in [0.29, 0.717) is 0 Å². The summed E-state index contributed by atoms with van der Waals surface area (Å²) in [6, 6.07) is 26.7. The summed E-state index contributed by atoms with van der Waals surface area (Å²) in [6.45, 7) is 8.09. The summed E-state index contributed by atoms with van der Waals surface area (Å²) in [5.74, 6) is -0.690. The van der Waals surface area contributed by atoms with Crippen LogP contribution in [0.5, 0.6) is 0 Å². The lowest BCUT2D eigenvalue weighted by Crippen LogP contribution is -2.68. The molecule has 0 saturated carbocycles. The van der Waals surface area contributed by atoms with E-state index in [9.17, 15) is 19.8 Å². The van der Waals surface area contributed by atoms with Gasteiger partial charge in [0.1, 0.15) is 24.4 Å². The van der Waals surface area contributed by atoms with Gasteiger partial charge in [0, 0.05) is 11.3 Å². The maximum atomic E-state index is 13.4. The number of thioether (sulfide) groups is 1. The van der Waals surface area contributed by atoms with Crippen molar-refractivity contribution in [1.29, 1.82) is 0 Å². The quantitative estimate of drug-likeness (QED) is 0.223. The third-order valence-corrected chi connectivity index (χ3v) is 14.8. The molecule has 1 amide bonds. The molecular weight excluding hydrogens is 611 g/mol. The van der Waals surface area contributed by atoms with E-state index < -0.39 is 55.8 Å². The largest absolute Gasteiger partial charge is 0.466 e. The number of esters is 1. The standard InChI is InChI=1S/C34H41NO8SSi/c1-22-16-18-23(19-17-22)44-34(31(38)40-5)20-27-28(35-32(39)42-27)30(43-34)29(37)26(36)21-41-45(33(2,3)4,24-12-8-6-9-13-24)25-14-10-7-11-15-25/h6-19,26-30,36-37H,20-21H2,1-5H3,(H,35,39)/t26-,27-,28?,29-,30-,34?/m1/s1. The molecule has 11 heteroatoms. The van der Waals surface area contributed by atoms with Crippen LogP contribution in [-0.2, 0) is 23.4 Å². The topological polar surface area (TPSA) is 124 Å². The number of hydrogen-bond donors (Lipinski definition) is 3. The molecule has 5 rings (SSSR count). The van der Waals surface area contributed by atoms with E-state index in [1.54, 1.807) is 0 Å². The van der Waals surface area contributed by atoms with Crippen LogP contribution in [-0.4, -0.2) is 79.7 Å². The van der Waals surface area contributed by atoms with Gasteiger partial charge in [0.05, 0.1) is 19.8 Å². The van der Waals surface area contributed by atoms with Crippen molar-refractivity contribution in [3.63, 3.8) is 0 Å². The maximum Gasteiger partial charge on any atom is 0.407 e. The Morgan fingerprint density at radius 1 is 1.02 bits per heavy atom. The van der Waals surface area contributed by atoms with E-state index in [4.69, 9.17) is 18.6 Å². The average molecular weight is 652 g/mol. The second kappa shape index (κ2) is 13.3. The number of aliphatic hydroxyl groups excluding tert-OH is 2. The fraction of sp³-hybridized carbons (Fsp3) is 0.412. The number of fused-ring (bicyclic) bond motifs is 1. The highest BCUT2D eigenvalue weighted by Gasteiger charge is 2.60.